The van der Waals surface area contributed by atoms with E-state index in [1.807, 2.05) is 6.08 Å². The molecule has 0 amide bonds. The Bertz CT molecular complexity index is 285. The minimum atomic E-state index is -0.935. The number of carboxylic acids is 2. The molecule has 0 atom stereocenters. The first kappa shape index (κ1) is 22.3. The molecule has 0 aromatic carbocycles. The van der Waals surface area contributed by atoms with Gasteiger partial charge in [0.1, 0.15) is 0 Å². The fourth-order valence-electron chi connectivity index (χ4n) is 0.433. The second kappa shape index (κ2) is 11.3. The topological polar surface area (TPSA) is 74.6 Å². The van der Waals surface area contributed by atoms with E-state index in [0.717, 1.165) is 6.42 Å². The molecule has 2 N–H and O–H groups in total. The minimum Gasteiger partial charge on any atom is -0.478 e. The molecule has 0 spiro atoms. The number of carbonyl (C=O) groups is 2. The molecular weight excluding hydrogens is 244 g/mol. The summed E-state index contributed by atoms with van der Waals surface area (Å²) in [4.78, 5) is 19.2. The van der Waals surface area contributed by atoms with Crippen molar-refractivity contribution in [2.45, 2.75) is 41.0 Å². The van der Waals surface area contributed by atoms with Crippen LogP contribution >= 0.6 is 0 Å². The molecule has 0 aliphatic heterocycles. The summed E-state index contributed by atoms with van der Waals surface area (Å²) >= 11 is 0. The molecule has 0 aromatic rings. The molecule has 0 rings (SSSR count). The molecule has 4 nitrogen and oxygen atoms in total. The van der Waals surface area contributed by atoms with E-state index in [4.69, 9.17) is 10.2 Å². The Kier molecular flexibility index (Phi) is 13.2. The van der Waals surface area contributed by atoms with Crippen molar-refractivity contribution in [2.75, 3.05) is 0 Å². The highest BCUT2D eigenvalue weighted by Crippen LogP contribution is 2.17. The summed E-state index contributed by atoms with van der Waals surface area (Å²) in [7, 11) is 0. The van der Waals surface area contributed by atoms with Crippen LogP contribution in [0.4, 0.5) is 0 Å². The molecule has 0 unspecified atom stereocenters. The first-order valence-electron chi connectivity index (χ1n) is 5.73. The lowest BCUT2D eigenvalue weighted by molar-refractivity contribution is -0.133. The average molecular weight is 270 g/mol. The van der Waals surface area contributed by atoms with Gasteiger partial charge in [0.15, 0.2) is 0 Å². The van der Waals surface area contributed by atoms with E-state index in [-0.39, 0.29) is 11.1 Å². The number of hydrogen-bond acceptors (Lipinski definition) is 2. The van der Waals surface area contributed by atoms with E-state index < -0.39 is 11.9 Å². The summed E-state index contributed by atoms with van der Waals surface area (Å²) in [5.41, 5.74) is 0.784. The Balaban J connectivity index is -0.000000203. The van der Waals surface area contributed by atoms with Gasteiger partial charge in [-0.05, 0) is 25.7 Å². The van der Waals surface area contributed by atoms with Crippen molar-refractivity contribution in [2.24, 2.45) is 5.41 Å². The summed E-state index contributed by atoms with van der Waals surface area (Å²) in [6, 6.07) is 0. The number of aliphatic carboxylic acids is 2. The Morgan fingerprint density at radius 3 is 1.21 bits per heavy atom. The van der Waals surface area contributed by atoms with Crippen LogP contribution in [0.15, 0.2) is 37.0 Å². The first-order valence-corrected chi connectivity index (χ1v) is 5.73. The Labute approximate surface area is 116 Å². The SMILES string of the molecule is C=C(C)C(=O)O.C=C(C)C(=O)O.C=CCC(C)(C)C. The molecule has 110 valence electrons. The van der Waals surface area contributed by atoms with Gasteiger partial charge < -0.3 is 10.2 Å². The van der Waals surface area contributed by atoms with E-state index in [1.165, 1.54) is 13.8 Å². The fraction of sp³-hybridized carbons (Fsp3) is 0.467. The summed E-state index contributed by atoms with van der Waals surface area (Å²) in [5.74, 6) is -1.87. The van der Waals surface area contributed by atoms with Gasteiger partial charge in [-0.1, -0.05) is 40.0 Å². The van der Waals surface area contributed by atoms with Crippen LogP contribution in [0.2, 0.25) is 0 Å². The van der Waals surface area contributed by atoms with E-state index in [2.05, 4.69) is 40.5 Å². The molecule has 0 aliphatic rings. The lowest BCUT2D eigenvalue weighted by Crippen LogP contribution is -2.01. The quantitative estimate of drug-likeness (QED) is 0.602. The fourth-order valence-corrected chi connectivity index (χ4v) is 0.433. The Morgan fingerprint density at radius 1 is 1.00 bits per heavy atom. The monoisotopic (exact) mass is 270 g/mol. The maximum atomic E-state index is 9.60. The van der Waals surface area contributed by atoms with Gasteiger partial charge in [0.2, 0.25) is 0 Å². The molecule has 19 heavy (non-hydrogen) atoms. The zero-order chi connectivity index (χ0) is 16.2. The summed E-state index contributed by atoms with van der Waals surface area (Å²) < 4.78 is 0. The van der Waals surface area contributed by atoms with Crippen LogP contribution in [0, 0.1) is 5.41 Å². The number of hydrogen-bond donors (Lipinski definition) is 2. The summed E-state index contributed by atoms with van der Waals surface area (Å²) in [6.45, 7) is 19.5. The molecule has 0 radical (unpaired) electrons. The van der Waals surface area contributed by atoms with Gasteiger partial charge in [0.25, 0.3) is 0 Å². The maximum Gasteiger partial charge on any atom is 0.330 e. The van der Waals surface area contributed by atoms with Gasteiger partial charge in [0.05, 0.1) is 0 Å². The number of allylic oxidation sites excluding steroid dienone is 1. The van der Waals surface area contributed by atoms with Crippen LogP contribution in [-0.4, -0.2) is 22.2 Å². The molecule has 4 heteroatoms. The predicted octanol–water partition coefficient (Wildman–Crippen LogP) is 3.90. The van der Waals surface area contributed by atoms with Crippen LogP contribution in [0.5, 0.6) is 0 Å². The van der Waals surface area contributed by atoms with E-state index in [1.54, 1.807) is 0 Å². The van der Waals surface area contributed by atoms with E-state index >= 15 is 0 Å². The molecule has 0 saturated carbocycles. The minimum absolute atomic E-state index is 0.176. The molecular formula is C15H26O4. The molecule has 0 fully saturated rings. The number of carboxylic acid groups (broad SMARTS) is 2. The maximum absolute atomic E-state index is 9.60. The molecule has 0 heterocycles. The van der Waals surface area contributed by atoms with Crippen LogP contribution < -0.4 is 0 Å². The molecule has 0 aliphatic carbocycles. The highest BCUT2D eigenvalue weighted by atomic mass is 16.4. The predicted molar refractivity (Wildman–Crippen MR) is 79.2 cm³/mol. The van der Waals surface area contributed by atoms with Crippen molar-refractivity contribution >= 4 is 11.9 Å². The molecule has 0 saturated heterocycles. The van der Waals surface area contributed by atoms with Crippen LogP contribution in [0.1, 0.15) is 41.0 Å². The van der Waals surface area contributed by atoms with E-state index in [9.17, 15) is 9.59 Å². The van der Waals surface area contributed by atoms with E-state index in [0.29, 0.717) is 5.41 Å². The van der Waals surface area contributed by atoms with Crippen molar-refractivity contribution in [3.8, 4) is 0 Å². The van der Waals surface area contributed by atoms with Crippen molar-refractivity contribution in [3.05, 3.63) is 37.0 Å². The summed E-state index contributed by atoms with van der Waals surface area (Å²) in [5, 5.41) is 15.8. The van der Waals surface area contributed by atoms with Crippen molar-refractivity contribution in [1.82, 2.24) is 0 Å². The second-order valence-corrected chi connectivity index (χ2v) is 5.22. The zero-order valence-electron chi connectivity index (χ0n) is 12.6. The zero-order valence-corrected chi connectivity index (χ0v) is 12.6. The third-order valence-corrected chi connectivity index (χ3v) is 1.49. The van der Waals surface area contributed by atoms with Crippen LogP contribution in [0.25, 0.3) is 0 Å². The highest BCUT2D eigenvalue weighted by molar-refractivity contribution is 5.85. The third-order valence-electron chi connectivity index (χ3n) is 1.49. The van der Waals surface area contributed by atoms with Crippen molar-refractivity contribution < 1.29 is 19.8 Å². The van der Waals surface area contributed by atoms with Crippen molar-refractivity contribution in [3.63, 3.8) is 0 Å². The Hall–Kier alpha value is -1.84. The normalized spacial score (nSPS) is 8.89. The highest BCUT2D eigenvalue weighted by Gasteiger charge is 2.04. The lowest BCUT2D eigenvalue weighted by Gasteiger charge is -2.13. The standard InChI is InChI=1S/C7H14.2C4H6O2/c1-5-6-7(2,3)4;2*1-3(2)4(5)6/h5H,1,6H2,2-4H3;2*1H2,2H3,(H,5,6). The first-order chi connectivity index (χ1) is 8.35. The van der Waals surface area contributed by atoms with Gasteiger partial charge in [-0.3, -0.25) is 0 Å². The van der Waals surface area contributed by atoms with Crippen LogP contribution in [-0.2, 0) is 9.59 Å². The largest absolute Gasteiger partial charge is 0.478 e. The van der Waals surface area contributed by atoms with Gasteiger partial charge >= 0.3 is 11.9 Å². The second-order valence-electron chi connectivity index (χ2n) is 5.22. The van der Waals surface area contributed by atoms with Crippen LogP contribution in [0.3, 0.4) is 0 Å². The smallest absolute Gasteiger partial charge is 0.330 e. The van der Waals surface area contributed by atoms with Gasteiger partial charge in [-0.15, -0.1) is 6.58 Å². The van der Waals surface area contributed by atoms with Gasteiger partial charge in [-0.2, -0.15) is 0 Å². The third kappa shape index (κ3) is 31.4. The summed E-state index contributed by atoms with van der Waals surface area (Å²) in [6.07, 6.45) is 3.06. The molecule has 0 bridgehead atoms. The average Bonchev–Trinajstić information content (AvgIpc) is 2.16. The molecule has 0 aromatic heterocycles. The Morgan fingerprint density at radius 2 is 1.21 bits per heavy atom. The number of rotatable bonds is 3. The lowest BCUT2D eigenvalue weighted by atomic mass is 9.93. The van der Waals surface area contributed by atoms with Gasteiger partial charge in [0, 0.05) is 11.1 Å². The van der Waals surface area contributed by atoms with Crippen molar-refractivity contribution in [1.29, 1.82) is 0 Å². The van der Waals surface area contributed by atoms with Gasteiger partial charge in [-0.25, -0.2) is 9.59 Å².